The number of carbonyl (C=O) groups excluding carboxylic acids is 1. The third-order valence-electron chi connectivity index (χ3n) is 5.04. The molecule has 5 heteroatoms. The molecule has 0 atom stereocenters. The highest BCUT2D eigenvalue weighted by atomic mass is 16.2. The van der Waals surface area contributed by atoms with Gasteiger partial charge >= 0.3 is 6.03 Å². The Morgan fingerprint density at radius 2 is 2.04 bits per heavy atom. The van der Waals surface area contributed by atoms with E-state index in [4.69, 9.17) is 0 Å². The number of amides is 2. The van der Waals surface area contributed by atoms with E-state index in [0.29, 0.717) is 6.04 Å². The summed E-state index contributed by atoms with van der Waals surface area (Å²) >= 11 is 0. The second-order valence-corrected chi connectivity index (χ2v) is 6.37. The van der Waals surface area contributed by atoms with E-state index in [1.54, 1.807) is 0 Å². The van der Waals surface area contributed by atoms with Crippen molar-refractivity contribution in [1.29, 1.82) is 0 Å². The summed E-state index contributed by atoms with van der Waals surface area (Å²) in [7, 11) is 3.92. The van der Waals surface area contributed by atoms with Gasteiger partial charge < -0.3 is 19.7 Å². The Hall–Kier alpha value is -2.01. The molecule has 1 N–H and O–H groups in total. The minimum absolute atomic E-state index is 0.0173. The Kier molecular flexibility index (Phi) is 4.57. The molecule has 3 rings (SSSR count). The smallest absolute Gasteiger partial charge is 0.321 e. The predicted octanol–water partition coefficient (Wildman–Crippen LogP) is 3.13. The molecule has 0 bridgehead atoms. The molecule has 0 saturated carbocycles. The number of carbonyl (C=O) groups is 1. The van der Waals surface area contributed by atoms with Gasteiger partial charge in [-0.25, -0.2) is 4.79 Å². The number of likely N-dealkylation sites (tertiary alicyclic amines) is 1. The highest BCUT2D eigenvalue weighted by molar-refractivity contribution is 6.00. The SMILES string of the molecule is CCN1CCC(N(C)C(=O)Nc2cccc3c2ccn3C)CC1. The number of benzene rings is 1. The fraction of sp³-hybridized carbons (Fsp3) is 0.500. The van der Waals surface area contributed by atoms with Crippen LogP contribution in [0.1, 0.15) is 19.8 Å². The van der Waals surface area contributed by atoms with Crippen molar-refractivity contribution in [1.82, 2.24) is 14.4 Å². The summed E-state index contributed by atoms with van der Waals surface area (Å²) in [5.41, 5.74) is 2.01. The van der Waals surface area contributed by atoms with Gasteiger partial charge in [0.25, 0.3) is 0 Å². The number of hydrogen-bond donors (Lipinski definition) is 1. The Bertz CT molecular complexity index is 685. The summed E-state index contributed by atoms with van der Waals surface area (Å²) in [5.74, 6) is 0. The van der Waals surface area contributed by atoms with Gasteiger partial charge in [0.2, 0.25) is 0 Å². The van der Waals surface area contributed by atoms with E-state index >= 15 is 0 Å². The summed E-state index contributed by atoms with van der Waals surface area (Å²) in [5, 5.41) is 4.16. The van der Waals surface area contributed by atoms with Crippen LogP contribution in [-0.4, -0.2) is 53.1 Å². The van der Waals surface area contributed by atoms with Crippen molar-refractivity contribution in [2.45, 2.75) is 25.8 Å². The van der Waals surface area contributed by atoms with Crippen LogP contribution < -0.4 is 5.32 Å². The van der Waals surface area contributed by atoms with Crippen molar-refractivity contribution >= 4 is 22.6 Å². The molecule has 1 aliphatic rings. The Morgan fingerprint density at radius 3 is 2.74 bits per heavy atom. The molecule has 23 heavy (non-hydrogen) atoms. The maximum Gasteiger partial charge on any atom is 0.321 e. The molecule has 0 radical (unpaired) electrons. The molecular formula is C18H26N4O. The number of nitrogens with zero attached hydrogens (tertiary/aromatic N) is 3. The van der Waals surface area contributed by atoms with Crippen molar-refractivity contribution in [2.75, 3.05) is 32.0 Å². The minimum Gasteiger partial charge on any atom is -0.350 e. The van der Waals surface area contributed by atoms with Crippen LogP contribution in [0.25, 0.3) is 10.9 Å². The van der Waals surface area contributed by atoms with E-state index < -0.39 is 0 Å². The fourth-order valence-electron chi connectivity index (χ4n) is 3.40. The molecule has 1 fully saturated rings. The summed E-state index contributed by atoms with van der Waals surface area (Å²) in [6, 6.07) is 8.37. The van der Waals surface area contributed by atoms with Gasteiger partial charge in [0.1, 0.15) is 0 Å². The van der Waals surface area contributed by atoms with Crippen LogP contribution >= 0.6 is 0 Å². The van der Waals surface area contributed by atoms with Crippen LogP contribution in [0.5, 0.6) is 0 Å². The Morgan fingerprint density at radius 1 is 1.30 bits per heavy atom. The van der Waals surface area contributed by atoms with Gasteiger partial charge in [-0.15, -0.1) is 0 Å². The largest absolute Gasteiger partial charge is 0.350 e. The lowest BCUT2D eigenvalue weighted by atomic mass is 10.0. The monoisotopic (exact) mass is 314 g/mol. The zero-order valence-electron chi connectivity index (χ0n) is 14.2. The first kappa shape index (κ1) is 15.9. The summed E-state index contributed by atoms with van der Waals surface area (Å²) in [6.45, 7) is 5.44. The zero-order valence-corrected chi connectivity index (χ0v) is 14.2. The second-order valence-electron chi connectivity index (χ2n) is 6.37. The van der Waals surface area contributed by atoms with E-state index in [0.717, 1.165) is 49.1 Å². The highest BCUT2D eigenvalue weighted by Gasteiger charge is 2.25. The number of anilines is 1. The number of urea groups is 1. The number of rotatable bonds is 3. The molecule has 5 nitrogen and oxygen atoms in total. The van der Waals surface area contributed by atoms with Crippen molar-refractivity contribution in [3.05, 3.63) is 30.5 Å². The first-order valence-electron chi connectivity index (χ1n) is 8.40. The average molecular weight is 314 g/mol. The van der Waals surface area contributed by atoms with Gasteiger partial charge in [0, 0.05) is 50.3 Å². The number of fused-ring (bicyclic) bond motifs is 1. The molecule has 1 saturated heterocycles. The minimum atomic E-state index is -0.0173. The average Bonchev–Trinajstić information content (AvgIpc) is 2.97. The van der Waals surface area contributed by atoms with Crippen LogP contribution in [0.15, 0.2) is 30.5 Å². The molecule has 2 aromatic rings. The standard InChI is InChI=1S/C18H26N4O/c1-4-22-12-8-14(9-13-22)21(3)18(23)19-16-6-5-7-17-15(16)10-11-20(17)2/h5-7,10-11,14H,4,8-9,12-13H2,1-3H3,(H,19,23). The number of nitrogens with one attached hydrogen (secondary N) is 1. The first-order chi connectivity index (χ1) is 11.1. The topological polar surface area (TPSA) is 40.5 Å². The molecule has 2 heterocycles. The van der Waals surface area contributed by atoms with Crippen molar-refractivity contribution in [3.8, 4) is 0 Å². The van der Waals surface area contributed by atoms with Crippen LogP contribution in [0, 0.1) is 0 Å². The van der Waals surface area contributed by atoms with Gasteiger partial charge in [-0.2, -0.15) is 0 Å². The summed E-state index contributed by atoms with van der Waals surface area (Å²) in [6.07, 6.45) is 4.12. The van der Waals surface area contributed by atoms with Crippen LogP contribution in [0.3, 0.4) is 0 Å². The number of aromatic nitrogens is 1. The molecule has 1 aromatic carbocycles. The zero-order chi connectivity index (χ0) is 16.4. The Balaban J connectivity index is 1.68. The van der Waals surface area contributed by atoms with E-state index in [2.05, 4.69) is 27.8 Å². The fourth-order valence-corrected chi connectivity index (χ4v) is 3.40. The van der Waals surface area contributed by atoms with E-state index in [9.17, 15) is 4.79 Å². The van der Waals surface area contributed by atoms with Gasteiger partial charge in [0.15, 0.2) is 0 Å². The number of hydrogen-bond acceptors (Lipinski definition) is 2. The van der Waals surface area contributed by atoms with Gasteiger partial charge in [-0.1, -0.05) is 13.0 Å². The molecule has 2 amide bonds. The molecule has 0 unspecified atom stereocenters. The lowest BCUT2D eigenvalue weighted by Crippen LogP contribution is -2.46. The summed E-state index contributed by atoms with van der Waals surface area (Å²) in [4.78, 5) is 16.9. The maximum atomic E-state index is 12.6. The normalized spacial score (nSPS) is 16.7. The molecule has 1 aliphatic heterocycles. The first-order valence-corrected chi connectivity index (χ1v) is 8.40. The number of aryl methyl sites for hydroxylation is 1. The van der Waals surface area contributed by atoms with Crippen molar-refractivity contribution < 1.29 is 4.79 Å². The predicted molar refractivity (Wildman–Crippen MR) is 94.8 cm³/mol. The van der Waals surface area contributed by atoms with Gasteiger partial charge in [-0.3, -0.25) is 0 Å². The third-order valence-corrected chi connectivity index (χ3v) is 5.04. The summed E-state index contributed by atoms with van der Waals surface area (Å²) < 4.78 is 2.06. The maximum absolute atomic E-state index is 12.6. The number of piperidine rings is 1. The van der Waals surface area contributed by atoms with Crippen LogP contribution in [-0.2, 0) is 7.05 Å². The molecule has 0 aliphatic carbocycles. The van der Waals surface area contributed by atoms with Crippen LogP contribution in [0.2, 0.25) is 0 Å². The van der Waals surface area contributed by atoms with E-state index in [-0.39, 0.29) is 6.03 Å². The highest BCUT2D eigenvalue weighted by Crippen LogP contribution is 2.24. The quantitative estimate of drug-likeness (QED) is 0.945. The van der Waals surface area contributed by atoms with Gasteiger partial charge in [0.05, 0.1) is 5.69 Å². The molecule has 0 spiro atoms. The van der Waals surface area contributed by atoms with Crippen molar-refractivity contribution in [3.63, 3.8) is 0 Å². The van der Waals surface area contributed by atoms with E-state index in [1.165, 1.54) is 0 Å². The molecule has 124 valence electrons. The molecule has 1 aromatic heterocycles. The molecular weight excluding hydrogens is 288 g/mol. The second kappa shape index (κ2) is 6.62. The lowest BCUT2D eigenvalue weighted by molar-refractivity contribution is 0.145. The van der Waals surface area contributed by atoms with Gasteiger partial charge in [-0.05, 0) is 37.6 Å². The van der Waals surface area contributed by atoms with Crippen LogP contribution in [0.4, 0.5) is 10.5 Å². The lowest BCUT2D eigenvalue weighted by Gasteiger charge is -2.36. The Labute approximate surface area is 137 Å². The third kappa shape index (κ3) is 3.20. The van der Waals surface area contributed by atoms with Crippen molar-refractivity contribution in [2.24, 2.45) is 7.05 Å². The van der Waals surface area contributed by atoms with E-state index in [1.807, 2.05) is 43.4 Å².